The first-order valence-corrected chi connectivity index (χ1v) is 4.53. The topological polar surface area (TPSA) is 80.7 Å². The quantitative estimate of drug-likeness (QED) is 0.469. The number of phenols is 1. The lowest BCUT2D eigenvalue weighted by molar-refractivity contribution is -0.157. The Morgan fingerprint density at radius 2 is 1.88 bits per heavy atom. The highest BCUT2D eigenvalue weighted by Crippen LogP contribution is 2.17. The van der Waals surface area contributed by atoms with Crippen LogP contribution in [0.2, 0.25) is 0 Å². The second-order valence-electron chi connectivity index (χ2n) is 3.08. The van der Waals surface area contributed by atoms with E-state index in [9.17, 15) is 19.5 Å². The predicted octanol–water partition coefficient (Wildman–Crippen LogP) is 1.05. The van der Waals surface area contributed by atoms with Crippen LogP contribution in [0.4, 0.5) is 0 Å². The molecular weight excluding hydrogens is 212 g/mol. The number of hydrogen-bond donors (Lipinski definition) is 1. The molecule has 0 aromatic heterocycles. The number of carbonyl (C=O) groups is 3. The molecule has 1 rings (SSSR count). The number of rotatable bonds is 3. The molecule has 84 valence electrons. The molecule has 0 atom stereocenters. The first kappa shape index (κ1) is 11.9. The Bertz CT molecular complexity index is 436. The summed E-state index contributed by atoms with van der Waals surface area (Å²) in [6, 6.07) is 5.84. The Kier molecular flexibility index (Phi) is 3.77. The second kappa shape index (κ2) is 5.06. The Labute approximate surface area is 91.6 Å². The fourth-order valence-electron chi connectivity index (χ4n) is 1.13. The Morgan fingerprint density at radius 3 is 2.44 bits per heavy atom. The van der Waals surface area contributed by atoms with E-state index in [1.807, 2.05) is 0 Å². The maximum Gasteiger partial charge on any atom is 0.321 e. The number of aromatic hydroxyl groups is 1. The molecule has 1 aromatic rings. The van der Waals surface area contributed by atoms with Crippen molar-refractivity contribution in [1.82, 2.24) is 0 Å². The smallest absolute Gasteiger partial charge is 0.321 e. The van der Waals surface area contributed by atoms with Crippen LogP contribution in [0.5, 0.6) is 5.75 Å². The highest BCUT2D eigenvalue weighted by Gasteiger charge is 2.16. The summed E-state index contributed by atoms with van der Waals surface area (Å²) in [4.78, 5) is 32.9. The van der Waals surface area contributed by atoms with E-state index in [-0.39, 0.29) is 11.3 Å². The molecule has 1 aromatic carbocycles. The molecule has 0 saturated heterocycles. The molecule has 0 aliphatic heterocycles. The van der Waals surface area contributed by atoms with Gasteiger partial charge in [0.2, 0.25) is 0 Å². The average Bonchev–Trinajstić information content (AvgIpc) is 2.16. The summed E-state index contributed by atoms with van der Waals surface area (Å²) < 4.78 is 4.20. The van der Waals surface area contributed by atoms with E-state index in [4.69, 9.17) is 0 Å². The molecule has 0 bridgehead atoms. The Morgan fingerprint density at radius 1 is 1.25 bits per heavy atom. The van der Waals surface area contributed by atoms with Gasteiger partial charge in [-0.1, -0.05) is 12.1 Å². The minimum absolute atomic E-state index is 0.0306. The number of esters is 2. The van der Waals surface area contributed by atoms with Gasteiger partial charge in [-0.25, -0.2) is 0 Å². The van der Waals surface area contributed by atoms with Crippen LogP contribution in [0.3, 0.4) is 0 Å². The lowest BCUT2D eigenvalue weighted by Gasteiger charge is -2.02. The van der Waals surface area contributed by atoms with Crippen molar-refractivity contribution >= 4 is 17.7 Å². The molecule has 0 aliphatic rings. The summed E-state index contributed by atoms with van der Waals surface area (Å²) in [6.07, 6.45) is -0.572. The third-order valence-corrected chi connectivity index (χ3v) is 1.77. The van der Waals surface area contributed by atoms with E-state index in [0.29, 0.717) is 0 Å². The number of carbonyl (C=O) groups excluding carboxylic acids is 3. The van der Waals surface area contributed by atoms with Gasteiger partial charge in [-0.3, -0.25) is 14.4 Å². The molecule has 0 aliphatic carbocycles. The Balaban J connectivity index is 2.70. The van der Waals surface area contributed by atoms with Crippen molar-refractivity contribution in [3.63, 3.8) is 0 Å². The number of phenolic OH excluding ortho intramolecular Hbond substituents is 1. The van der Waals surface area contributed by atoms with Gasteiger partial charge in [0.15, 0.2) is 5.78 Å². The van der Waals surface area contributed by atoms with Crippen molar-refractivity contribution in [1.29, 1.82) is 0 Å². The van der Waals surface area contributed by atoms with Crippen LogP contribution in [-0.2, 0) is 14.3 Å². The normalized spacial score (nSPS) is 9.56. The number of ether oxygens (including phenoxy) is 1. The summed E-state index contributed by atoms with van der Waals surface area (Å²) in [5, 5.41) is 9.34. The average molecular weight is 222 g/mol. The molecule has 5 heteroatoms. The summed E-state index contributed by atoms with van der Waals surface area (Å²) >= 11 is 0. The summed E-state index contributed by atoms with van der Waals surface area (Å²) in [5.41, 5.74) is 0.0306. The first-order valence-electron chi connectivity index (χ1n) is 4.53. The van der Waals surface area contributed by atoms with Gasteiger partial charge in [0.1, 0.15) is 12.2 Å². The summed E-state index contributed by atoms with van der Waals surface area (Å²) in [6.45, 7) is 1.07. The van der Waals surface area contributed by atoms with Crippen molar-refractivity contribution < 1.29 is 24.2 Å². The van der Waals surface area contributed by atoms with E-state index in [0.717, 1.165) is 6.92 Å². The zero-order chi connectivity index (χ0) is 12.1. The van der Waals surface area contributed by atoms with Gasteiger partial charge in [-0.2, -0.15) is 0 Å². The van der Waals surface area contributed by atoms with Crippen LogP contribution < -0.4 is 0 Å². The van der Waals surface area contributed by atoms with Crippen LogP contribution in [0.15, 0.2) is 24.3 Å². The molecule has 0 radical (unpaired) electrons. The molecular formula is C11H10O5. The molecule has 1 N–H and O–H groups in total. The molecule has 0 fully saturated rings. The molecule has 5 nitrogen and oxygen atoms in total. The molecule has 0 unspecified atom stereocenters. The fraction of sp³-hybridized carbons (Fsp3) is 0.182. The summed E-state index contributed by atoms with van der Waals surface area (Å²) in [5.74, 6) is -2.50. The first-order chi connectivity index (χ1) is 7.50. The van der Waals surface area contributed by atoms with Crippen LogP contribution in [0.25, 0.3) is 0 Å². The highest BCUT2D eigenvalue weighted by molar-refractivity contribution is 6.08. The van der Waals surface area contributed by atoms with Gasteiger partial charge >= 0.3 is 11.9 Å². The number of hydrogen-bond acceptors (Lipinski definition) is 5. The Hall–Kier alpha value is -2.17. The fourth-order valence-corrected chi connectivity index (χ4v) is 1.13. The van der Waals surface area contributed by atoms with E-state index in [2.05, 4.69) is 4.74 Å². The number of para-hydroxylation sites is 1. The minimum atomic E-state index is -0.930. The molecule has 0 spiro atoms. The summed E-state index contributed by atoms with van der Waals surface area (Å²) in [7, 11) is 0. The van der Waals surface area contributed by atoms with E-state index in [1.54, 1.807) is 12.1 Å². The maximum absolute atomic E-state index is 11.5. The van der Waals surface area contributed by atoms with Gasteiger partial charge in [0.05, 0.1) is 5.56 Å². The molecule has 0 saturated carbocycles. The number of Topliss-reactive ketones (excluding diaryl/α,β-unsaturated/α-hetero) is 1. The SMILES string of the molecule is CC(=O)OC(=O)CC(=O)c1ccccc1O. The number of benzene rings is 1. The van der Waals surface area contributed by atoms with Crippen molar-refractivity contribution in [2.45, 2.75) is 13.3 Å². The van der Waals surface area contributed by atoms with Crippen molar-refractivity contribution in [3.8, 4) is 5.75 Å². The van der Waals surface area contributed by atoms with Crippen LogP contribution in [0, 0.1) is 0 Å². The third-order valence-electron chi connectivity index (χ3n) is 1.77. The van der Waals surface area contributed by atoms with Crippen LogP contribution >= 0.6 is 0 Å². The monoisotopic (exact) mass is 222 g/mol. The van der Waals surface area contributed by atoms with Crippen LogP contribution in [0.1, 0.15) is 23.7 Å². The zero-order valence-electron chi connectivity index (χ0n) is 8.60. The van der Waals surface area contributed by atoms with Gasteiger partial charge in [0, 0.05) is 6.92 Å². The van der Waals surface area contributed by atoms with Gasteiger partial charge < -0.3 is 9.84 Å². The molecule has 0 heterocycles. The highest BCUT2D eigenvalue weighted by atomic mass is 16.6. The van der Waals surface area contributed by atoms with E-state index in [1.165, 1.54) is 12.1 Å². The van der Waals surface area contributed by atoms with E-state index < -0.39 is 24.1 Å². The standard InChI is InChI=1S/C11H10O5/c1-7(12)16-11(15)6-10(14)8-4-2-3-5-9(8)13/h2-5,13H,6H2,1H3. The predicted molar refractivity (Wildman–Crippen MR) is 53.8 cm³/mol. The zero-order valence-corrected chi connectivity index (χ0v) is 8.60. The maximum atomic E-state index is 11.5. The lowest BCUT2D eigenvalue weighted by Crippen LogP contribution is -2.14. The third kappa shape index (κ3) is 3.20. The second-order valence-corrected chi connectivity index (χ2v) is 3.08. The van der Waals surface area contributed by atoms with Crippen molar-refractivity contribution in [2.75, 3.05) is 0 Å². The minimum Gasteiger partial charge on any atom is -0.507 e. The van der Waals surface area contributed by atoms with Gasteiger partial charge in [-0.05, 0) is 12.1 Å². The molecule has 0 amide bonds. The lowest BCUT2D eigenvalue weighted by atomic mass is 10.1. The van der Waals surface area contributed by atoms with E-state index >= 15 is 0 Å². The largest absolute Gasteiger partial charge is 0.507 e. The number of ketones is 1. The van der Waals surface area contributed by atoms with Crippen molar-refractivity contribution in [3.05, 3.63) is 29.8 Å². The van der Waals surface area contributed by atoms with Gasteiger partial charge in [0.25, 0.3) is 0 Å². The van der Waals surface area contributed by atoms with Gasteiger partial charge in [-0.15, -0.1) is 0 Å². The van der Waals surface area contributed by atoms with Crippen molar-refractivity contribution in [2.24, 2.45) is 0 Å². The van der Waals surface area contributed by atoms with Crippen LogP contribution in [-0.4, -0.2) is 22.8 Å². The molecule has 16 heavy (non-hydrogen) atoms.